The molecule has 0 unspecified atom stereocenters. The van der Waals surface area contributed by atoms with E-state index in [1.165, 1.54) is 12.1 Å². The van der Waals surface area contributed by atoms with Crippen LogP contribution in [0.4, 0.5) is 19.1 Å². The van der Waals surface area contributed by atoms with E-state index in [1.54, 1.807) is 6.20 Å². The van der Waals surface area contributed by atoms with Gasteiger partial charge >= 0.3 is 6.18 Å². The smallest absolute Gasteiger partial charge is 0.416 e. The highest BCUT2D eigenvalue weighted by molar-refractivity contribution is 5.29. The maximum absolute atomic E-state index is 12.4. The maximum atomic E-state index is 12.4. The number of hydrogen-bond donors (Lipinski definition) is 1. The monoisotopic (exact) mass is 299 g/mol. The van der Waals surface area contributed by atoms with Gasteiger partial charge in [-0.25, -0.2) is 4.98 Å². The Morgan fingerprint density at radius 1 is 1.24 bits per heavy atom. The number of imidazole rings is 1. The molecule has 7 heteroatoms. The molecule has 0 radical (unpaired) electrons. The number of benzene rings is 1. The van der Waals surface area contributed by atoms with Crippen LogP contribution in [0.1, 0.15) is 31.1 Å². The largest absolute Gasteiger partial charge is 0.487 e. The molecule has 21 heavy (non-hydrogen) atoms. The Balaban J connectivity index is 2.07. The first kappa shape index (κ1) is 15.2. The minimum atomic E-state index is -4.34. The number of hydrogen-bond acceptors (Lipinski definition) is 3. The minimum absolute atomic E-state index is 0.124. The average Bonchev–Trinajstić information content (AvgIpc) is 2.77. The second-order valence-corrected chi connectivity index (χ2v) is 4.88. The lowest BCUT2D eigenvalue weighted by molar-refractivity contribution is -0.137. The molecule has 0 aliphatic heterocycles. The number of alkyl halides is 3. The van der Waals surface area contributed by atoms with Gasteiger partial charge in [0, 0.05) is 6.04 Å². The number of nitrogen functional groups attached to an aromatic ring is 1. The molecular formula is C14H16F3N3O. The number of nitrogens with two attached hydrogens (primary N) is 1. The summed E-state index contributed by atoms with van der Waals surface area (Å²) in [5.74, 6) is 0.745. The van der Waals surface area contributed by atoms with Crippen molar-refractivity contribution >= 4 is 5.95 Å². The zero-order chi connectivity index (χ0) is 15.6. The van der Waals surface area contributed by atoms with E-state index in [9.17, 15) is 13.2 Å². The summed E-state index contributed by atoms with van der Waals surface area (Å²) in [6, 6.07) is 4.69. The summed E-state index contributed by atoms with van der Waals surface area (Å²) in [6.07, 6.45) is -2.75. The fourth-order valence-electron chi connectivity index (χ4n) is 2.01. The molecule has 0 saturated carbocycles. The summed E-state index contributed by atoms with van der Waals surface area (Å²) < 4.78 is 44.6. The van der Waals surface area contributed by atoms with Gasteiger partial charge in [-0.3, -0.25) is 0 Å². The first-order valence-electron chi connectivity index (χ1n) is 6.40. The van der Waals surface area contributed by atoms with Crippen LogP contribution in [0.3, 0.4) is 0 Å². The molecule has 2 aromatic rings. The quantitative estimate of drug-likeness (QED) is 0.937. The molecule has 0 atom stereocenters. The predicted molar refractivity (Wildman–Crippen MR) is 72.8 cm³/mol. The van der Waals surface area contributed by atoms with Crippen LogP contribution in [-0.2, 0) is 12.8 Å². The van der Waals surface area contributed by atoms with Gasteiger partial charge in [0.25, 0.3) is 0 Å². The topological polar surface area (TPSA) is 53.1 Å². The number of rotatable bonds is 4. The summed E-state index contributed by atoms with van der Waals surface area (Å²) in [7, 11) is 0. The third-order valence-corrected chi connectivity index (χ3v) is 2.99. The van der Waals surface area contributed by atoms with Crippen molar-refractivity contribution in [1.29, 1.82) is 0 Å². The Hall–Kier alpha value is -2.18. The van der Waals surface area contributed by atoms with Crippen molar-refractivity contribution in [1.82, 2.24) is 9.55 Å². The molecule has 114 valence electrons. The summed E-state index contributed by atoms with van der Waals surface area (Å²) in [5.41, 5.74) is 5.81. The van der Waals surface area contributed by atoms with Crippen molar-refractivity contribution in [2.75, 3.05) is 5.73 Å². The van der Waals surface area contributed by atoms with Crippen molar-refractivity contribution in [3.8, 4) is 5.75 Å². The molecule has 0 fully saturated rings. The fraction of sp³-hybridized carbons (Fsp3) is 0.357. The fourth-order valence-corrected chi connectivity index (χ4v) is 2.01. The zero-order valence-corrected chi connectivity index (χ0v) is 11.7. The van der Waals surface area contributed by atoms with Gasteiger partial charge in [-0.2, -0.15) is 13.2 Å². The van der Waals surface area contributed by atoms with E-state index < -0.39 is 11.7 Å². The summed E-state index contributed by atoms with van der Waals surface area (Å²) in [4.78, 5) is 4.01. The number of halogens is 3. The predicted octanol–water partition coefficient (Wildman–Crippen LogP) is 3.64. The van der Waals surface area contributed by atoms with Gasteiger partial charge in [-0.1, -0.05) is 0 Å². The van der Waals surface area contributed by atoms with Gasteiger partial charge in [0.1, 0.15) is 12.4 Å². The van der Waals surface area contributed by atoms with Gasteiger partial charge in [0.2, 0.25) is 5.95 Å². The first-order valence-corrected chi connectivity index (χ1v) is 6.40. The highest BCUT2D eigenvalue weighted by Crippen LogP contribution is 2.30. The van der Waals surface area contributed by atoms with Crippen LogP contribution in [0.15, 0.2) is 30.5 Å². The molecule has 0 saturated heterocycles. The lowest BCUT2D eigenvalue weighted by Gasteiger charge is -2.14. The molecule has 0 aliphatic rings. The van der Waals surface area contributed by atoms with Crippen LogP contribution in [0.25, 0.3) is 0 Å². The molecule has 0 amide bonds. The van der Waals surface area contributed by atoms with Crippen molar-refractivity contribution in [3.63, 3.8) is 0 Å². The highest BCUT2D eigenvalue weighted by Gasteiger charge is 2.30. The second kappa shape index (κ2) is 5.67. The van der Waals surface area contributed by atoms with Crippen LogP contribution in [-0.4, -0.2) is 9.55 Å². The normalized spacial score (nSPS) is 11.9. The maximum Gasteiger partial charge on any atom is 0.416 e. The molecule has 0 bridgehead atoms. The molecule has 2 rings (SSSR count). The Kier molecular flexibility index (Phi) is 4.11. The Labute approximate surface area is 120 Å². The van der Waals surface area contributed by atoms with Crippen LogP contribution >= 0.6 is 0 Å². The van der Waals surface area contributed by atoms with E-state index in [-0.39, 0.29) is 12.6 Å². The van der Waals surface area contributed by atoms with Crippen molar-refractivity contribution in [2.24, 2.45) is 0 Å². The van der Waals surface area contributed by atoms with Gasteiger partial charge in [-0.15, -0.1) is 0 Å². The summed E-state index contributed by atoms with van der Waals surface area (Å²) in [5, 5.41) is 0. The highest BCUT2D eigenvalue weighted by atomic mass is 19.4. The lowest BCUT2D eigenvalue weighted by atomic mass is 10.2. The van der Waals surface area contributed by atoms with Crippen LogP contribution < -0.4 is 10.5 Å². The average molecular weight is 299 g/mol. The van der Waals surface area contributed by atoms with Crippen LogP contribution in [0.2, 0.25) is 0 Å². The van der Waals surface area contributed by atoms with Crippen LogP contribution in [0.5, 0.6) is 5.75 Å². The molecule has 2 N–H and O–H groups in total. The first-order chi connectivity index (χ1) is 9.79. The van der Waals surface area contributed by atoms with Gasteiger partial charge in [0.05, 0.1) is 17.5 Å². The third-order valence-electron chi connectivity index (χ3n) is 2.99. The molecular weight excluding hydrogens is 283 g/mol. The molecule has 0 spiro atoms. The lowest BCUT2D eigenvalue weighted by Crippen LogP contribution is -2.11. The van der Waals surface area contributed by atoms with E-state index in [2.05, 4.69) is 4.98 Å². The van der Waals surface area contributed by atoms with Gasteiger partial charge in [0.15, 0.2) is 0 Å². The van der Waals surface area contributed by atoms with Crippen molar-refractivity contribution in [3.05, 3.63) is 41.7 Å². The van der Waals surface area contributed by atoms with E-state index >= 15 is 0 Å². The number of anilines is 1. The van der Waals surface area contributed by atoms with Crippen molar-refractivity contribution in [2.45, 2.75) is 32.7 Å². The summed E-state index contributed by atoms with van der Waals surface area (Å²) in [6.45, 7) is 4.10. The zero-order valence-electron chi connectivity index (χ0n) is 11.7. The molecule has 1 aromatic carbocycles. The third kappa shape index (κ3) is 3.48. The second-order valence-electron chi connectivity index (χ2n) is 4.88. The van der Waals surface area contributed by atoms with E-state index in [4.69, 9.17) is 10.5 Å². The van der Waals surface area contributed by atoms with Gasteiger partial charge < -0.3 is 15.0 Å². The Morgan fingerprint density at radius 3 is 2.38 bits per heavy atom. The van der Waals surface area contributed by atoms with Gasteiger partial charge in [-0.05, 0) is 38.1 Å². The van der Waals surface area contributed by atoms with Crippen LogP contribution in [0, 0.1) is 0 Å². The van der Waals surface area contributed by atoms with E-state index in [1.807, 2.05) is 18.4 Å². The number of aromatic nitrogens is 2. The SMILES string of the molecule is CC(C)n1c(COc2ccc(C(F)(F)F)cc2)cnc1N. The molecule has 4 nitrogen and oxygen atoms in total. The Bertz CT molecular complexity index is 603. The summed E-state index contributed by atoms with van der Waals surface area (Å²) >= 11 is 0. The standard InChI is InChI=1S/C14H16F3N3O/c1-9(2)20-11(7-19-13(20)18)8-21-12-5-3-10(4-6-12)14(15,16)17/h3-7,9H,8H2,1-2H3,(H2,18,19). The molecule has 0 aliphatic carbocycles. The number of ether oxygens (including phenoxy) is 1. The number of nitrogens with zero attached hydrogens (tertiary/aromatic N) is 2. The van der Waals surface area contributed by atoms with E-state index in [0.717, 1.165) is 17.8 Å². The Morgan fingerprint density at radius 2 is 1.86 bits per heavy atom. The van der Waals surface area contributed by atoms with E-state index in [0.29, 0.717) is 11.7 Å². The van der Waals surface area contributed by atoms with Crippen molar-refractivity contribution < 1.29 is 17.9 Å². The molecule has 1 aromatic heterocycles. The molecule has 1 heterocycles. The minimum Gasteiger partial charge on any atom is -0.487 e.